The first-order valence-electron chi connectivity index (χ1n) is 7.17. The lowest BCUT2D eigenvalue weighted by molar-refractivity contribution is 0.332. The Morgan fingerprint density at radius 2 is 1.68 bits per heavy atom. The van der Waals surface area contributed by atoms with E-state index >= 15 is 0 Å². The van der Waals surface area contributed by atoms with Crippen LogP contribution in [0.15, 0.2) is 23.2 Å². The summed E-state index contributed by atoms with van der Waals surface area (Å²) in [5, 5.41) is 0. The van der Waals surface area contributed by atoms with Gasteiger partial charge in [-0.3, -0.25) is 4.99 Å². The lowest BCUT2D eigenvalue weighted by Crippen LogP contribution is -2.34. The molecule has 102 valence electrons. The zero-order chi connectivity index (χ0) is 13.7. The smallest absolute Gasteiger partial charge is 0.0851 e. The molecular weight excluding hydrogens is 250 g/mol. The number of thioether (sulfide) groups is 1. The van der Waals surface area contributed by atoms with Crippen molar-refractivity contribution < 1.29 is 0 Å². The van der Waals surface area contributed by atoms with Crippen molar-refractivity contribution in [3.05, 3.63) is 34.9 Å². The van der Waals surface area contributed by atoms with Crippen LogP contribution in [-0.4, -0.2) is 17.3 Å². The van der Waals surface area contributed by atoms with Gasteiger partial charge in [0.1, 0.15) is 0 Å². The van der Waals surface area contributed by atoms with Crippen LogP contribution in [0.4, 0.5) is 0 Å². The molecular formula is C17H23NS. The van der Waals surface area contributed by atoms with E-state index in [0.717, 1.165) is 11.6 Å². The molecule has 1 heterocycles. The summed E-state index contributed by atoms with van der Waals surface area (Å²) in [7, 11) is 0. The molecule has 0 bridgehead atoms. The fourth-order valence-corrected chi connectivity index (χ4v) is 4.04. The molecule has 0 saturated carbocycles. The van der Waals surface area contributed by atoms with Crippen molar-refractivity contribution in [2.45, 2.75) is 51.4 Å². The van der Waals surface area contributed by atoms with Crippen LogP contribution in [0.2, 0.25) is 0 Å². The van der Waals surface area contributed by atoms with Gasteiger partial charge in [-0.1, -0.05) is 39.8 Å². The minimum absolute atomic E-state index is 0.299. The maximum atomic E-state index is 4.62. The molecule has 19 heavy (non-hydrogen) atoms. The van der Waals surface area contributed by atoms with Gasteiger partial charge in [0.15, 0.2) is 0 Å². The number of rotatable bonds is 1. The first kappa shape index (κ1) is 13.2. The highest BCUT2D eigenvalue weighted by Gasteiger charge is 2.37. The summed E-state index contributed by atoms with van der Waals surface area (Å²) < 4.78 is 0. The lowest BCUT2D eigenvalue weighted by Gasteiger charge is -2.42. The van der Waals surface area contributed by atoms with E-state index < -0.39 is 0 Å². The van der Waals surface area contributed by atoms with Gasteiger partial charge in [-0.25, -0.2) is 0 Å². The molecule has 0 saturated heterocycles. The molecule has 2 aliphatic rings. The van der Waals surface area contributed by atoms with Crippen molar-refractivity contribution in [2.75, 3.05) is 11.6 Å². The molecule has 0 spiro atoms. The predicted octanol–water partition coefficient (Wildman–Crippen LogP) is 4.53. The van der Waals surface area contributed by atoms with Gasteiger partial charge in [-0.2, -0.15) is 0 Å². The summed E-state index contributed by atoms with van der Waals surface area (Å²) in [4.78, 5) is 4.62. The Bertz CT molecular complexity index is 540. The van der Waals surface area contributed by atoms with E-state index in [2.05, 4.69) is 50.9 Å². The van der Waals surface area contributed by atoms with E-state index in [0.29, 0.717) is 10.8 Å². The molecule has 1 nitrogen and oxygen atoms in total. The highest BCUT2D eigenvalue weighted by molar-refractivity contribution is 8.00. The quantitative estimate of drug-likeness (QED) is 0.732. The minimum atomic E-state index is 0.299. The van der Waals surface area contributed by atoms with Crippen molar-refractivity contribution in [1.29, 1.82) is 0 Å². The van der Waals surface area contributed by atoms with Crippen molar-refractivity contribution in [1.82, 2.24) is 0 Å². The van der Waals surface area contributed by atoms with Gasteiger partial charge in [-0.15, -0.1) is 11.8 Å². The van der Waals surface area contributed by atoms with E-state index in [9.17, 15) is 0 Å². The highest BCUT2D eigenvalue weighted by Crippen LogP contribution is 2.46. The number of benzene rings is 1. The van der Waals surface area contributed by atoms with Gasteiger partial charge < -0.3 is 0 Å². The number of hydrogen-bond acceptors (Lipinski definition) is 2. The topological polar surface area (TPSA) is 12.4 Å². The Balaban J connectivity index is 2.12. The Morgan fingerprint density at radius 3 is 2.32 bits per heavy atom. The third-order valence-corrected chi connectivity index (χ3v) is 5.56. The Labute approximate surface area is 120 Å². The minimum Gasteiger partial charge on any atom is -0.277 e. The third-order valence-electron chi connectivity index (χ3n) is 4.77. The summed E-state index contributed by atoms with van der Waals surface area (Å²) in [6, 6.07) is 7.06. The summed E-state index contributed by atoms with van der Waals surface area (Å²) in [6.07, 6.45) is 2.56. The molecule has 3 rings (SSSR count). The maximum Gasteiger partial charge on any atom is 0.0851 e. The van der Waals surface area contributed by atoms with Crippen molar-refractivity contribution in [3.8, 4) is 0 Å². The first-order chi connectivity index (χ1) is 8.90. The Hall–Kier alpha value is -0.760. The van der Waals surface area contributed by atoms with E-state index in [1.807, 2.05) is 11.8 Å². The summed E-state index contributed by atoms with van der Waals surface area (Å²) >= 11 is 1.91. The maximum absolute atomic E-state index is 4.62. The van der Waals surface area contributed by atoms with Crippen molar-refractivity contribution in [2.24, 2.45) is 4.99 Å². The third kappa shape index (κ3) is 2.24. The molecule has 0 aromatic heterocycles. The van der Waals surface area contributed by atoms with Crippen molar-refractivity contribution >= 4 is 17.5 Å². The second-order valence-corrected chi connectivity index (χ2v) is 8.07. The zero-order valence-corrected chi connectivity index (χ0v) is 13.2. The van der Waals surface area contributed by atoms with Crippen LogP contribution < -0.4 is 0 Å². The number of aliphatic imine (C=N–C) groups is 1. The normalized spacial score (nSPS) is 23.9. The van der Waals surface area contributed by atoms with Gasteiger partial charge in [0, 0.05) is 5.75 Å². The van der Waals surface area contributed by atoms with Gasteiger partial charge >= 0.3 is 0 Å². The molecule has 1 aliphatic carbocycles. The van der Waals surface area contributed by atoms with Gasteiger partial charge in [0.2, 0.25) is 0 Å². The molecule has 1 aromatic rings. The average Bonchev–Trinajstić information content (AvgIpc) is 2.89. The monoisotopic (exact) mass is 273 g/mol. The SMILES string of the molecule is CC1(C)CCC(C)(C)c2cc(C3=NCSC3)ccc21. The van der Waals surface area contributed by atoms with Crippen LogP contribution in [-0.2, 0) is 10.8 Å². The fraction of sp³-hybridized carbons (Fsp3) is 0.588. The molecule has 0 amide bonds. The first-order valence-corrected chi connectivity index (χ1v) is 8.32. The molecule has 1 aromatic carbocycles. The van der Waals surface area contributed by atoms with E-state index in [1.54, 1.807) is 11.1 Å². The molecule has 1 aliphatic heterocycles. The zero-order valence-electron chi connectivity index (χ0n) is 12.4. The lowest BCUT2D eigenvalue weighted by atomic mass is 9.63. The number of fused-ring (bicyclic) bond motifs is 1. The Morgan fingerprint density at radius 1 is 1.00 bits per heavy atom. The van der Waals surface area contributed by atoms with E-state index in [1.165, 1.54) is 24.1 Å². The molecule has 2 heteroatoms. The van der Waals surface area contributed by atoms with Crippen LogP contribution in [0, 0.1) is 0 Å². The van der Waals surface area contributed by atoms with E-state index in [-0.39, 0.29) is 0 Å². The molecule has 0 N–H and O–H groups in total. The van der Waals surface area contributed by atoms with Crippen molar-refractivity contribution in [3.63, 3.8) is 0 Å². The van der Waals surface area contributed by atoms with Crippen LogP contribution in [0.25, 0.3) is 0 Å². The Kier molecular flexibility index (Phi) is 3.05. The molecule has 0 atom stereocenters. The summed E-state index contributed by atoms with van der Waals surface area (Å²) in [6.45, 7) is 9.53. The molecule has 0 unspecified atom stereocenters. The molecule has 0 radical (unpaired) electrons. The van der Waals surface area contributed by atoms with Crippen LogP contribution in [0.3, 0.4) is 0 Å². The van der Waals surface area contributed by atoms with Crippen LogP contribution in [0.1, 0.15) is 57.2 Å². The largest absolute Gasteiger partial charge is 0.277 e. The highest BCUT2D eigenvalue weighted by atomic mass is 32.2. The average molecular weight is 273 g/mol. The predicted molar refractivity (Wildman–Crippen MR) is 85.6 cm³/mol. The summed E-state index contributed by atoms with van der Waals surface area (Å²) in [5.74, 6) is 2.00. The number of nitrogens with zero attached hydrogens (tertiary/aromatic N) is 1. The van der Waals surface area contributed by atoms with Crippen LogP contribution >= 0.6 is 11.8 Å². The fourth-order valence-electron chi connectivity index (χ4n) is 3.25. The summed E-state index contributed by atoms with van der Waals surface area (Å²) in [5.41, 5.74) is 6.32. The second-order valence-electron chi connectivity index (χ2n) is 7.11. The van der Waals surface area contributed by atoms with Gasteiger partial charge in [0.25, 0.3) is 0 Å². The van der Waals surface area contributed by atoms with Gasteiger partial charge in [-0.05, 0) is 46.4 Å². The standard InChI is InChI=1S/C17H23NS/c1-16(2)7-8-17(3,4)14-9-12(5-6-13(14)16)15-10-19-11-18-15/h5-6,9H,7-8,10-11H2,1-4H3. The molecule has 0 fully saturated rings. The number of hydrogen-bond donors (Lipinski definition) is 0. The second kappa shape index (κ2) is 4.37. The van der Waals surface area contributed by atoms with Crippen LogP contribution in [0.5, 0.6) is 0 Å². The van der Waals surface area contributed by atoms with Gasteiger partial charge in [0.05, 0.1) is 11.6 Å². The van der Waals surface area contributed by atoms with E-state index in [4.69, 9.17) is 0 Å².